The second kappa shape index (κ2) is 4.32. The zero-order valence-corrected chi connectivity index (χ0v) is 9.34. The number of halogens is 3. The highest BCUT2D eigenvalue weighted by molar-refractivity contribution is 6.06. The van der Waals surface area contributed by atoms with Gasteiger partial charge in [0.15, 0.2) is 11.6 Å². The van der Waals surface area contributed by atoms with Gasteiger partial charge in [-0.2, -0.15) is 0 Å². The molecule has 0 radical (unpaired) electrons. The highest BCUT2D eigenvalue weighted by atomic mass is 19.2. The molecule has 1 aromatic carbocycles. The third kappa shape index (κ3) is 2.03. The normalized spacial score (nSPS) is 20.0. The number of nitrogens with one attached hydrogen (secondary N) is 1. The number of nitrogens with zero attached hydrogens (tertiary/aromatic N) is 1. The molecule has 1 heterocycles. The van der Waals surface area contributed by atoms with Gasteiger partial charge < -0.3 is 5.32 Å². The lowest BCUT2D eigenvalue weighted by atomic mass is 10.1. The zero-order chi connectivity index (χ0) is 13.4. The van der Waals surface area contributed by atoms with Crippen LogP contribution >= 0.6 is 0 Å². The lowest BCUT2D eigenvalue weighted by molar-refractivity contribution is -0.130. The van der Waals surface area contributed by atoms with Crippen molar-refractivity contribution < 1.29 is 22.8 Å². The van der Waals surface area contributed by atoms with Gasteiger partial charge in [-0.15, -0.1) is 0 Å². The molecule has 0 aromatic heterocycles. The van der Waals surface area contributed by atoms with Crippen LogP contribution in [0.25, 0.3) is 0 Å². The van der Waals surface area contributed by atoms with Crippen LogP contribution in [0.2, 0.25) is 0 Å². The highest BCUT2D eigenvalue weighted by Crippen LogP contribution is 2.24. The molecule has 7 heteroatoms. The quantitative estimate of drug-likeness (QED) is 0.763. The van der Waals surface area contributed by atoms with Crippen LogP contribution in [-0.4, -0.2) is 24.4 Å². The number of carbonyl (C=O) groups excluding carboxylic acids is 2. The Hall–Kier alpha value is -2.05. The molecular formula is C11H9F3N2O2. The minimum absolute atomic E-state index is 0.342. The van der Waals surface area contributed by atoms with Crippen molar-refractivity contribution in [2.75, 3.05) is 11.4 Å². The predicted octanol–water partition coefficient (Wildman–Crippen LogP) is 0.955. The number of piperazine rings is 1. The molecule has 1 aromatic rings. The number of amides is 2. The monoisotopic (exact) mass is 258 g/mol. The fourth-order valence-electron chi connectivity index (χ4n) is 1.73. The van der Waals surface area contributed by atoms with Crippen LogP contribution in [0, 0.1) is 17.5 Å². The number of benzene rings is 1. The lowest BCUT2D eigenvalue weighted by Crippen LogP contribution is -2.57. The molecular weight excluding hydrogens is 249 g/mol. The molecule has 1 saturated heterocycles. The second-order valence-electron chi connectivity index (χ2n) is 3.93. The molecule has 0 saturated carbocycles. The summed E-state index contributed by atoms with van der Waals surface area (Å²) in [6.07, 6.45) is 0. The van der Waals surface area contributed by atoms with E-state index in [1.807, 2.05) is 0 Å². The summed E-state index contributed by atoms with van der Waals surface area (Å²) in [5, 5.41) is 2.35. The van der Waals surface area contributed by atoms with Crippen molar-refractivity contribution in [3.05, 3.63) is 29.6 Å². The molecule has 0 spiro atoms. The van der Waals surface area contributed by atoms with E-state index in [4.69, 9.17) is 0 Å². The summed E-state index contributed by atoms with van der Waals surface area (Å²) < 4.78 is 39.3. The van der Waals surface area contributed by atoms with E-state index in [1.165, 1.54) is 6.92 Å². The van der Waals surface area contributed by atoms with Gasteiger partial charge in [-0.25, -0.2) is 13.2 Å². The van der Waals surface area contributed by atoms with Crippen LogP contribution in [-0.2, 0) is 9.59 Å². The van der Waals surface area contributed by atoms with Crippen LogP contribution in [0.5, 0.6) is 0 Å². The van der Waals surface area contributed by atoms with Gasteiger partial charge >= 0.3 is 0 Å². The van der Waals surface area contributed by atoms with Crippen LogP contribution in [0.15, 0.2) is 12.1 Å². The van der Waals surface area contributed by atoms with E-state index < -0.39 is 47.5 Å². The Labute approximate surface area is 100 Å². The van der Waals surface area contributed by atoms with Gasteiger partial charge in [-0.3, -0.25) is 14.5 Å². The molecule has 1 aliphatic heterocycles. The fraction of sp³-hybridized carbons (Fsp3) is 0.273. The molecule has 1 N–H and O–H groups in total. The molecule has 96 valence electrons. The van der Waals surface area contributed by atoms with E-state index in [1.54, 1.807) is 0 Å². The molecule has 2 amide bonds. The average Bonchev–Trinajstić information content (AvgIpc) is 2.29. The number of hydrogen-bond donors (Lipinski definition) is 1. The summed E-state index contributed by atoms with van der Waals surface area (Å²) in [6, 6.07) is 0.0713. The van der Waals surface area contributed by atoms with Crippen LogP contribution in [0.1, 0.15) is 6.92 Å². The van der Waals surface area contributed by atoms with E-state index >= 15 is 0 Å². The largest absolute Gasteiger partial charge is 0.343 e. The summed E-state index contributed by atoms with van der Waals surface area (Å²) in [6.45, 7) is 0.995. The first-order chi connectivity index (χ1) is 8.40. The SMILES string of the molecule is CC1NC(=O)CN(c2cc(F)c(F)cc2F)C1=O. The Bertz CT molecular complexity index is 533. The van der Waals surface area contributed by atoms with Gasteiger partial charge in [0.2, 0.25) is 11.8 Å². The highest BCUT2D eigenvalue weighted by Gasteiger charge is 2.32. The third-order valence-electron chi connectivity index (χ3n) is 2.60. The van der Waals surface area contributed by atoms with E-state index in [0.717, 1.165) is 4.90 Å². The first-order valence-electron chi connectivity index (χ1n) is 5.15. The molecule has 0 bridgehead atoms. The maximum atomic E-state index is 13.5. The Morgan fingerprint density at radius 3 is 2.44 bits per heavy atom. The zero-order valence-electron chi connectivity index (χ0n) is 9.34. The van der Waals surface area contributed by atoms with Gasteiger partial charge in [0, 0.05) is 12.1 Å². The van der Waals surface area contributed by atoms with Crippen molar-refractivity contribution in [1.82, 2.24) is 5.32 Å². The van der Waals surface area contributed by atoms with Gasteiger partial charge in [0.05, 0.1) is 5.69 Å². The average molecular weight is 258 g/mol. The molecule has 1 aliphatic rings. The minimum atomic E-state index is -1.35. The van der Waals surface area contributed by atoms with Crippen LogP contribution < -0.4 is 10.2 Å². The van der Waals surface area contributed by atoms with Crippen molar-refractivity contribution >= 4 is 17.5 Å². The molecule has 18 heavy (non-hydrogen) atoms. The van der Waals surface area contributed by atoms with Gasteiger partial charge in [-0.05, 0) is 6.92 Å². The third-order valence-corrected chi connectivity index (χ3v) is 2.60. The standard InChI is InChI=1S/C11H9F3N2O2/c1-5-11(18)16(4-10(17)15-5)9-3-7(13)6(12)2-8(9)14/h2-3,5H,4H2,1H3,(H,15,17). The van der Waals surface area contributed by atoms with E-state index in [2.05, 4.69) is 5.32 Å². The summed E-state index contributed by atoms with van der Waals surface area (Å²) in [7, 11) is 0. The van der Waals surface area contributed by atoms with Crippen LogP contribution in [0.4, 0.5) is 18.9 Å². The first-order valence-corrected chi connectivity index (χ1v) is 5.15. The lowest BCUT2D eigenvalue weighted by Gasteiger charge is -2.30. The summed E-state index contributed by atoms with van der Waals surface area (Å²) in [4.78, 5) is 23.8. The fourth-order valence-corrected chi connectivity index (χ4v) is 1.73. The van der Waals surface area contributed by atoms with Gasteiger partial charge in [-0.1, -0.05) is 0 Å². The molecule has 0 aliphatic carbocycles. The summed E-state index contributed by atoms with van der Waals surface area (Å²) in [5.41, 5.74) is -0.444. The van der Waals surface area contributed by atoms with E-state index in [9.17, 15) is 22.8 Å². The van der Waals surface area contributed by atoms with Crippen molar-refractivity contribution in [2.24, 2.45) is 0 Å². The minimum Gasteiger partial charge on any atom is -0.343 e. The summed E-state index contributed by atoms with van der Waals surface area (Å²) >= 11 is 0. The van der Waals surface area contributed by atoms with Crippen molar-refractivity contribution in [1.29, 1.82) is 0 Å². The number of anilines is 1. The van der Waals surface area contributed by atoms with E-state index in [-0.39, 0.29) is 0 Å². The second-order valence-corrected chi connectivity index (χ2v) is 3.93. The summed E-state index contributed by atoms with van der Waals surface area (Å²) in [5.74, 6) is -4.80. The van der Waals surface area contributed by atoms with Crippen molar-refractivity contribution in [3.63, 3.8) is 0 Å². The molecule has 1 unspecified atom stereocenters. The maximum Gasteiger partial charge on any atom is 0.249 e. The topological polar surface area (TPSA) is 49.4 Å². The maximum absolute atomic E-state index is 13.5. The Kier molecular flexibility index (Phi) is 2.98. The molecule has 2 rings (SSSR count). The Morgan fingerprint density at radius 1 is 1.17 bits per heavy atom. The number of carbonyl (C=O) groups is 2. The van der Waals surface area contributed by atoms with E-state index in [0.29, 0.717) is 12.1 Å². The predicted molar refractivity (Wildman–Crippen MR) is 56.3 cm³/mol. The first kappa shape index (κ1) is 12.4. The Balaban J connectivity index is 2.44. The Morgan fingerprint density at radius 2 is 1.78 bits per heavy atom. The smallest absolute Gasteiger partial charge is 0.249 e. The van der Waals surface area contributed by atoms with Crippen molar-refractivity contribution in [2.45, 2.75) is 13.0 Å². The van der Waals surface area contributed by atoms with Crippen LogP contribution in [0.3, 0.4) is 0 Å². The molecule has 1 atom stereocenters. The van der Waals surface area contributed by atoms with Gasteiger partial charge in [0.1, 0.15) is 18.4 Å². The number of hydrogen-bond acceptors (Lipinski definition) is 2. The van der Waals surface area contributed by atoms with Crippen molar-refractivity contribution in [3.8, 4) is 0 Å². The van der Waals surface area contributed by atoms with Gasteiger partial charge in [0.25, 0.3) is 0 Å². The molecule has 4 nitrogen and oxygen atoms in total. The molecule has 1 fully saturated rings. The number of rotatable bonds is 1.